The first-order chi connectivity index (χ1) is 7.70. The number of rotatable bonds is 3. The normalized spacial score (nSPS) is 20.2. The zero-order valence-electron chi connectivity index (χ0n) is 10.2. The lowest BCUT2D eigenvalue weighted by Gasteiger charge is -2.28. The summed E-state index contributed by atoms with van der Waals surface area (Å²) >= 11 is 0. The quantitative estimate of drug-likeness (QED) is 0.822. The van der Waals surface area contributed by atoms with E-state index in [9.17, 15) is 5.11 Å². The average molecular weight is 222 g/mol. The molecule has 1 aromatic rings. The second-order valence-electron chi connectivity index (χ2n) is 4.97. The molecule has 1 aromatic heterocycles. The van der Waals surface area contributed by atoms with Crippen LogP contribution < -0.4 is 5.32 Å². The molecule has 1 fully saturated rings. The maximum atomic E-state index is 10.4. The molecule has 2 N–H and O–H groups in total. The van der Waals surface area contributed by atoms with E-state index in [4.69, 9.17) is 0 Å². The van der Waals surface area contributed by atoms with E-state index in [1.54, 1.807) is 0 Å². The summed E-state index contributed by atoms with van der Waals surface area (Å²) in [5.74, 6) is 0.411. The van der Waals surface area contributed by atoms with Crippen LogP contribution in [0.15, 0.2) is 18.3 Å². The molecule has 0 spiro atoms. The number of nitrogens with one attached hydrogen (secondary N) is 1. The number of hydrogen-bond donors (Lipinski definition) is 2. The molecule has 0 saturated carbocycles. The molecule has 2 rings (SSSR count). The predicted molar refractivity (Wildman–Crippen MR) is 65.4 cm³/mol. The zero-order chi connectivity index (χ0) is 11.5. The van der Waals surface area contributed by atoms with Crippen molar-refractivity contribution in [1.29, 1.82) is 0 Å². The number of piperidine rings is 1. The summed E-state index contributed by atoms with van der Waals surface area (Å²) in [6.07, 6.45) is 3.90. The van der Waals surface area contributed by atoms with Gasteiger partial charge in [-0.1, -0.05) is 0 Å². The predicted octanol–water partition coefficient (Wildman–Crippen LogP) is 2.10. The first kappa shape index (κ1) is 11.7. The molecule has 0 aliphatic carbocycles. The Morgan fingerprint density at radius 1 is 1.38 bits per heavy atom. The van der Waals surface area contributed by atoms with Gasteiger partial charge in [0, 0.05) is 17.9 Å². The Hall–Kier alpha value is -0.800. The van der Waals surface area contributed by atoms with Gasteiger partial charge >= 0.3 is 0 Å². The number of aliphatic hydroxyl groups is 1. The highest BCUT2D eigenvalue weighted by Gasteiger charge is 2.25. The van der Waals surface area contributed by atoms with Gasteiger partial charge in [0.15, 0.2) is 0 Å². The number of nitrogens with zero attached hydrogens (tertiary/aromatic N) is 1. The molecule has 90 valence electrons. The Labute approximate surface area is 97.5 Å². The van der Waals surface area contributed by atoms with Crippen LogP contribution in [0.2, 0.25) is 0 Å². The third-order valence-corrected chi connectivity index (χ3v) is 3.50. The maximum Gasteiger partial charge on any atom is 0.0968 e. The molecule has 1 unspecified atom stereocenters. The van der Waals surface area contributed by atoms with E-state index in [-0.39, 0.29) is 6.10 Å². The van der Waals surface area contributed by atoms with E-state index < -0.39 is 0 Å². The van der Waals surface area contributed by atoms with Crippen molar-refractivity contribution in [2.45, 2.75) is 38.8 Å². The minimum absolute atomic E-state index is 0.306. The molecule has 3 heteroatoms. The first-order valence-corrected chi connectivity index (χ1v) is 6.25. The van der Waals surface area contributed by atoms with Crippen molar-refractivity contribution >= 4 is 0 Å². The lowest BCUT2D eigenvalue weighted by molar-refractivity contribution is 0.0809. The van der Waals surface area contributed by atoms with Crippen LogP contribution in [0.5, 0.6) is 0 Å². The van der Waals surface area contributed by atoms with Crippen LogP contribution in [0, 0.1) is 5.92 Å². The van der Waals surface area contributed by atoms with Crippen molar-refractivity contribution in [2.75, 3.05) is 13.1 Å². The molecule has 1 atom stereocenters. The second kappa shape index (κ2) is 5.02. The Bertz CT molecular complexity index is 326. The fraction of sp³-hybridized carbons (Fsp3) is 0.692. The van der Waals surface area contributed by atoms with Gasteiger partial charge in [-0.15, -0.1) is 0 Å². The van der Waals surface area contributed by atoms with Crippen molar-refractivity contribution in [3.63, 3.8) is 0 Å². The largest absolute Gasteiger partial charge is 0.387 e. The lowest BCUT2D eigenvalue weighted by Crippen LogP contribution is -2.31. The third-order valence-electron chi connectivity index (χ3n) is 3.50. The van der Waals surface area contributed by atoms with E-state index in [0.717, 1.165) is 31.6 Å². The van der Waals surface area contributed by atoms with Crippen molar-refractivity contribution in [3.05, 3.63) is 24.0 Å². The first-order valence-electron chi connectivity index (χ1n) is 6.25. The van der Waals surface area contributed by atoms with Gasteiger partial charge in [-0.25, -0.2) is 0 Å². The number of aromatic nitrogens is 1. The molecule has 0 aromatic carbocycles. The number of aliphatic hydroxyl groups excluding tert-OH is 1. The van der Waals surface area contributed by atoms with Crippen LogP contribution in [-0.4, -0.2) is 22.8 Å². The fourth-order valence-electron chi connectivity index (χ4n) is 2.53. The van der Waals surface area contributed by atoms with Gasteiger partial charge in [-0.2, -0.15) is 0 Å². The van der Waals surface area contributed by atoms with Crippen LogP contribution >= 0.6 is 0 Å². The van der Waals surface area contributed by atoms with E-state index in [2.05, 4.69) is 29.9 Å². The van der Waals surface area contributed by atoms with Crippen LogP contribution in [0.25, 0.3) is 0 Å². The standard InChI is InChI=1S/C13H22N2O/c1-10(2)15-9-3-4-12(15)13(16)11-5-7-14-8-6-11/h3-4,9-11,13-14,16H,5-8H2,1-2H3. The molecule has 3 nitrogen and oxygen atoms in total. The van der Waals surface area contributed by atoms with Crippen LogP contribution in [0.3, 0.4) is 0 Å². The van der Waals surface area contributed by atoms with Gasteiger partial charge in [-0.05, 0) is 57.8 Å². The van der Waals surface area contributed by atoms with Gasteiger partial charge in [0.2, 0.25) is 0 Å². The number of hydrogen-bond acceptors (Lipinski definition) is 2. The van der Waals surface area contributed by atoms with E-state index >= 15 is 0 Å². The summed E-state index contributed by atoms with van der Waals surface area (Å²) in [6.45, 7) is 6.37. The maximum absolute atomic E-state index is 10.4. The molecule has 1 aliphatic rings. The highest BCUT2D eigenvalue weighted by Crippen LogP contribution is 2.30. The zero-order valence-corrected chi connectivity index (χ0v) is 10.2. The van der Waals surface area contributed by atoms with Gasteiger partial charge in [0.25, 0.3) is 0 Å². The van der Waals surface area contributed by atoms with Crippen LogP contribution in [0.1, 0.15) is 44.5 Å². The smallest absolute Gasteiger partial charge is 0.0968 e. The molecule has 0 bridgehead atoms. The Balaban J connectivity index is 2.12. The van der Waals surface area contributed by atoms with Gasteiger partial charge in [0.1, 0.15) is 0 Å². The van der Waals surface area contributed by atoms with Crippen molar-refractivity contribution < 1.29 is 5.11 Å². The van der Waals surface area contributed by atoms with Gasteiger partial charge in [-0.3, -0.25) is 0 Å². The molecule has 1 saturated heterocycles. The van der Waals surface area contributed by atoms with Crippen molar-refractivity contribution in [1.82, 2.24) is 9.88 Å². The third kappa shape index (κ3) is 2.30. The van der Waals surface area contributed by atoms with Crippen LogP contribution in [-0.2, 0) is 0 Å². The van der Waals surface area contributed by atoms with Gasteiger partial charge < -0.3 is 15.0 Å². The summed E-state index contributed by atoms with van der Waals surface area (Å²) in [4.78, 5) is 0. The Kier molecular flexibility index (Phi) is 3.66. The molecule has 2 heterocycles. The van der Waals surface area contributed by atoms with E-state index in [1.165, 1.54) is 0 Å². The van der Waals surface area contributed by atoms with Crippen molar-refractivity contribution in [2.24, 2.45) is 5.92 Å². The highest BCUT2D eigenvalue weighted by atomic mass is 16.3. The van der Waals surface area contributed by atoms with Gasteiger partial charge in [0.05, 0.1) is 6.10 Å². The fourth-order valence-corrected chi connectivity index (χ4v) is 2.53. The molecule has 0 radical (unpaired) electrons. The highest BCUT2D eigenvalue weighted by molar-refractivity contribution is 5.12. The summed E-state index contributed by atoms with van der Waals surface area (Å²) in [5, 5.41) is 13.7. The summed E-state index contributed by atoms with van der Waals surface area (Å²) in [5.41, 5.74) is 1.07. The molecule has 1 aliphatic heterocycles. The summed E-state index contributed by atoms with van der Waals surface area (Å²) in [7, 11) is 0. The monoisotopic (exact) mass is 222 g/mol. The average Bonchev–Trinajstić information content (AvgIpc) is 2.78. The lowest BCUT2D eigenvalue weighted by atomic mass is 9.90. The summed E-state index contributed by atoms with van der Waals surface area (Å²) in [6, 6.07) is 4.49. The SMILES string of the molecule is CC(C)n1cccc1C(O)C1CCNCC1. The minimum atomic E-state index is -0.306. The Morgan fingerprint density at radius 3 is 2.69 bits per heavy atom. The molecular formula is C13H22N2O. The molecule has 0 amide bonds. The Morgan fingerprint density at radius 2 is 2.06 bits per heavy atom. The minimum Gasteiger partial charge on any atom is -0.387 e. The second-order valence-corrected chi connectivity index (χ2v) is 4.97. The van der Waals surface area contributed by atoms with E-state index in [0.29, 0.717) is 12.0 Å². The van der Waals surface area contributed by atoms with Crippen molar-refractivity contribution in [3.8, 4) is 0 Å². The van der Waals surface area contributed by atoms with E-state index in [1.807, 2.05) is 12.1 Å². The molecule has 16 heavy (non-hydrogen) atoms. The van der Waals surface area contributed by atoms with Crippen LogP contribution in [0.4, 0.5) is 0 Å². The topological polar surface area (TPSA) is 37.2 Å². The summed E-state index contributed by atoms with van der Waals surface area (Å²) < 4.78 is 2.17. The molecular weight excluding hydrogens is 200 g/mol.